The first-order valence-electron chi connectivity index (χ1n) is 22.8. The van der Waals surface area contributed by atoms with Crippen molar-refractivity contribution in [3.8, 4) is 50.2 Å². The van der Waals surface area contributed by atoms with Crippen LogP contribution in [0, 0.1) is 0 Å². The summed E-state index contributed by atoms with van der Waals surface area (Å²) in [5.74, 6) is 0. The molecule has 0 radical (unpaired) electrons. The summed E-state index contributed by atoms with van der Waals surface area (Å²) in [4.78, 5) is 2.47. The van der Waals surface area contributed by atoms with Crippen LogP contribution in [0.1, 0.15) is 25.0 Å². The number of nitrogens with zero attached hydrogens (tertiary/aromatic N) is 2. The molecule has 66 heavy (non-hydrogen) atoms. The molecule has 3 heteroatoms. The Labute approximate surface area is 384 Å². The van der Waals surface area contributed by atoms with Crippen molar-refractivity contribution >= 4 is 60.8 Å². The van der Waals surface area contributed by atoms with Crippen molar-refractivity contribution in [1.29, 1.82) is 0 Å². The van der Waals surface area contributed by atoms with E-state index in [4.69, 9.17) is 4.42 Å². The molecule has 0 bridgehead atoms. The van der Waals surface area contributed by atoms with Gasteiger partial charge in [-0.15, -0.1) is 0 Å². The smallest absolute Gasteiger partial charge is 0.137 e. The Bertz CT molecular complexity index is 3820. The zero-order valence-electron chi connectivity index (χ0n) is 36.7. The summed E-state index contributed by atoms with van der Waals surface area (Å²) in [5.41, 5.74) is 20.6. The monoisotopic (exact) mass is 844 g/mol. The number of hydrogen-bond acceptors (Lipinski definition) is 2. The van der Waals surface area contributed by atoms with Gasteiger partial charge in [-0.05, 0) is 123 Å². The molecule has 10 aromatic carbocycles. The Morgan fingerprint density at radius 3 is 1.82 bits per heavy atom. The molecule has 0 spiro atoms. The number of rotatable bonds is 7. The van der Waals surface area contributed by atoms with E-state index in [1.54, 1.807) is 0 Å². The zero-order valence-corrected chi connectivity index (χ0v) is 36.7. The fraction of sp³-hybridized carbons (Fsp3) is 0.0476. The molecule has 1 aliphatic carbocycles. The van der Waals surface area contributed by atoms with Gasteiger partial charge in [0.2, 0.25) is 0 Å². The summed E-state index contributed by atoms with van der Waals surface area (Å²) in [6.07, 6.45) is 0. The van der Waals surface area contributed by atoms with Crippen molar-refractivity contribution in [2.75, 3.05) is 4.90 Å². The molecule has 3 nitrogen and oxygen atoms in total. The van der Waals surface area contributed by atoms with Gasteiger partial charge < -0.3 is 13.9 Å². The van der Waals surface area contributed by atoms with Crippen molar-refractivity contribution in [1.82, 2.24) is 4.57 Å². The van der Waals surface area contributed by atoms with Crippen LogP contribution in [0.5, 0.6) is 0 Å². The van der Waals surface area contributed by atoms with Gasteiger partial charge in [-0.25, -0.2) is 0 Å². The normalized spacial score (nSPS) is 12.8. The van der Waals surface area contributed by atoms with Gasteiger partial charge in [0, 0.05) is 38.5 Å². The second-order valence-electron chi connectivity index (χ2n) is 18.1. The van der Waals surface area contributed by atoms with E-state index in [1.165, 1.54) is 71.9 Å². The van der Waals surface area contributed by atoms with Crippen LogP contribution < -0.4 is 4.90 Å². The van der Waals surface area contributed by atoms with Gasteiger partial charge in [-0.2, -0.15) is 0 Å². The van der Waals surface area contributed by atoms with Crippen LogP contribution in [0.2, 0.25) is 0 Å². The highest BCUT2D eigenvalue weighted by molar-refractivity contribution is 6.16. The summed E-state index contributed by atoms with van der Waals surface area (Å²) in [6, 6.07) is 83.8. The van der Waals surface area contributed by atoms with Crippen molar-refractivity contribution in [2.24, 2.45) is 0 Å². The average molecular weight is 845 g/mol. The maximum atomic E-state index is 6.83. The zero-order chi connectivity index (χ0) is 43.9. The molecule has 2 heterocycles. The fourth-order valence-corrected chi connectivity index (χ4v) is 10.9. The van der Waals surface area contributed by atoms with Crippen LogP contribution in [-0.4, -0.2) is 4.57 Å². The molecular weight excluding hydrogens is 801 g/mol. The number of aromatic nitrogens is 1. The summed E-state index contributed by atoms with van der Waals surface area (Å²) >= 11 is 0. The molecule has 0 N–H and O–H groups in total. The lowest BCUT2D eigenvalue weighted by molar-refractivity contribution is 0.660. The predicted molar refractivity (Wildman–Crippen MR) is 277 cm³/mol. The van der Waals surface area contributed by atoms with Crippen LogP contribution in [0.25, 0.3) is 93.9 Å². The van der Waals surface area contributed by atoms with E-state index in [0.717, 1.165) is 50.3 Å². The van der Waals surface area contributed by atoms with E-state index in [9.17, 15) is 0 Å². The minimum Gasteiger partial charge on any atom is -0.456 e. The second kappa shape index (κ2) is 14.8. The van der Waals surface area contributed by atoms with Gasteiger partial charge in [-0.1, -0.05) is 172 Å². The Morgan fingerprint density at radius 1 is 0.394 bits per heavy atom. The van der Waals surface area contributed by atoms with E-state index in [0.29, 0.717) is 0 Å². The minimum atomic E-state index is -0.154. The molecule has 0 fully saturated rings. The predicted octanol–water partition coefficient (Wildman–Crippen LogP) is 17.5. The van der Waals surface area contributed by atoms with Gasteiger partial charge in [0.1, 0.15) is 11.2 Å². The van der Waals surface area contributed by atoms with Crippen molar-refractivity contribution in [2.45, 2.75) is 19.3 Å². The summed E-state index contributed by atoms with van der Waals surface area (Å²) in [5, 5.41) is 4.59. The number of para-hydroxylation sites is 2. The summed E-state index contributed by atoms with van der Waals surface area (Å²) in [6.45, 7) is 4.71. The van der Waals surface area contributed by atoms with Crippen LogP contribution in [0.4, 0.5) is 17.1 Å². The van der Waals surface area contributed by atoms with Crippen LogP contribution in [0.15, 0.2) is 235 Å². The van der Waals surface area contributed by atoms with Crippen molar-refractivity contribution < 1.29 is 4.42 Å². The molecule has 0 atom stereocenters. The maximum absolute atomic E-state index is 6.83. The molecule has 0 aliphatic heterocycles. The number of anilines is 3. The molecule has 13 rings (SSSR count). The lowest BCUT2D eigenvalue weighted by Gasteiger charge is -2.29. The first kappa shape index (κ1) is 38.1. The third-order valence-electron chi connectivity index (χ3n) is 14.0. The maximum Gasteiger partial charge on any atom is 0.137 e. The Kier molecular flexibility index (Phi) is 8.56. The minimum absolute atomic E-state index is 0.154. The molecule has 0 saturated carbocycles. The molecule has 312 valence electrons. The van der Waals surface area contributed by atoms with E-state index in [2.05, 4.69) is 254 Å². The van der Waals surface area contributed by atoms with Crippen molar-refractivity contribution in [3.63, 3.8) is 0 Å². The third-order valence-corrected chi connectivity index (χ3v) is 14.0. The molecule has 12 aromatic rings. The van der Waals surface area contributed by atoms with Gasteiger partial charge in [0.25, 0.3) is 0 Å². The molecular formula is C63H44N2O. The second-order valence-corrected chi connectivity index (χ2v) is 18.1. The van der Waals surface area contributed by atoms with Crippen molar-refractivity contribution in [3.05, 3.63) is 242 Å². The van der Waals surface area contributed by atoms with Crippen LogP contribution >= 0.6 is 0 Å². The molecule has 2 aromatic heterocycles. The Hall–Kier alpha value is -8.40. The SMILES string of the molecule is CC1(C)c2ccccc2-c2c(N(c3ccc(-c4ccccc4)cc3)c3cccc4oc5ccc(-c6cc7c8ccccc8n(-c8ccccc8)c7cc6-c6ccccc6)cc5c34)cccc21. The average Bonchev–Trinajstić information content (AvgIpc) is 4.00. The number of benzene rings is 10. The highest BCUT2D eigenvalue weighted by Gasteiger charge is 2.38. The van der Waals surface area contributed by atoms with E-state index in [1.807, 2.05) is 0 Å². The van der Waals surface area contributed by atoms with Gasteiger partial charge in [-0.3, -0.25) is 0 Å². The van der Waals surface area contributed by atoms with Crippen LogP contribution in [0.3, 0.4) is 0 Å². The third kappa shape index (κ3) is 5.83. The van der Waals surface area contributed by atoms with E-state index >= 15 is 0 Å². The molecule has 0 saturated heterocycles. The summed E-state index contributed by atoms with van der Waals surface area (Å²) in [7, 11) is 0. The molecule has 0 unspecified atom stereocenters. The van der Waals surface area contributed by atoms with Gasteiger partial charge >= 0.3 is 0 Å². The fourth-order valence-electron chi connectivity index (χ4n) is 10.9. The van der Waals surface area contributed by atoms with Gasteiger partial charge in [0.15, 0.2) is 0 Å². The standard InChI is InChI=1S/C63H44N2O/c1-63(2)53-26-14-12-25-48(53)61-54(63)27-16-29-56(61)65(46-35-32-42(33-36-46)41-18-6-3-7-19-41)57-30-17-31-60-62(57)52-38-44(34-37-59(52)66-60)49-39-51-47-24-13-15-28-55(47)64(45-22-10-5-11-23-45)58(51)40-50(49)43-20-8-4-9-21-43/h3-40H,1-2H3. The lowest BCUT2D eigenvalue weighted by atomic mass is 9.82. The topological polar surface area (TPSA) is 21.3 Å². The van der Waals surface area contributed by atoms with Gasteiger partial charge in [0.05, 0.1) is 27.8 Å². The quantitative estimate of drug-likeness (QED) is 0.159. The molecule has 0 amide bonds. The highest BCUT2D eigenvalue weighted by Crippen LogP contribution is 2.55. The number of fused-ring (bicyclic) bond motifs is 9. The lowest BCUT2D eigenvalue weighted by Crippen LogP contribution is -2.16. The highest BCUT2D eigenvalue weighted by atomic mass is 16.3. The van der Waals surface area contributed by atoms with E-state index in [-0.39, 0.29) is 5.41 Å². The molecule has 1 aliphatic rings. The number of hydrogen-bond donors (Lipinski definition) is 0. The first-order valence-corrected chi connectivity index (χ1v) is 22.8. The first-order chi connectivity index (χ1) is 32.5. The Balaban J connectivity index is 1.06. The van der Waals surface area contributed by atoms with E-state index < -0.39 is 0 Å². The number of furan rings is 1. The van der Waals surface area contributed by atoms with Crippen LogP contribution in [-0.2, 0) is 5.41 Å². The largest absolute Gasteiger partial charge is 0.456 e. The Morgan fingerprint density at radius 2 is 1.02 bits per heavy atom. The summed E-state index contributed by atoms with van der Waals surface area (Å²) < 4.78 is 9.23.